The van der Waals surface area contributed by atoms with Crippen LogP contribution in [0.3, 0.4) is 0 Å². The number of thioether (sulfide) groups is 3. The predicted molar refractivity (Wildman–Crippen MR) is 74.2 cm³/mol. The predicted octanol–water partition coefficient (Wildman–Crippen LogP) is 2.49. The lowest BCUT2D eigenvalue weighted by Gasteiger charge is -2.36. The van der Waals surface area contributed by atoms with Gasteiger partial charge >= 0.3 is 7.82 Å². The normalized spacial score (nSPS) is 27.3. The van der Waals surface area contributed by atoms with Crippen molar-refractivity contribution in [3.8, 4) is 0 Å². The number of phosphoric acid groups is 1. The lowest BCUT2D eigenvalue weighted by atomic mass is 10.5. The molecule has 8 heteroatoms. The molecule has 0 saturated carbocycles. The highest BCUT2D eigenvalue weighted by atomic mass is 32.2. The van der Waals surface area contributed by atoms with Crippen LogP contribution in [0.25, 0.3) is 0 Å². The Balaban J connectivity index is 1.57. The Hall–Kier alpha value is 1.16. The van der Waals surface area contributed by atoms with Crippen molar-refractivity contribution in [3.05, 3.63) is 0 Å². The zero-order valence-electron chi connectivity index (χ0n) is 9.28. The summed E-state index contributed by atoms with van der Waals surface area (Å²) in [5.41, 5.74) is 0. The topological polar surface area (TPSA) is 44.8 Å². The quantitative estimate of drug-likeness (QED) is 0.698. The van der Waals surface area contributed by atoms with Crippen LogP contribution >= 0.6 is 43.1 Å². The van der Waals surface area contributed by atoms with E-state index in [1.54, 1.807) is 35.3 Å². The van der Waals surface area contributed by atoms with E-state index < -0.39 is 7.82 Å². The molecular weight excluding hydrogens is 299 g/mol. The van der Waals surface area contributed by atoms with Gasteiger partial charge in [0.2, 0.25) is 0 Å². The van der Waals surface area contributed by atoms with E-state index >= 15 is 0 Å². The van der Waals surface area contributed by atoms with Gasteiger partial charge < -0.3 is 0 Å². The van der Waals surface area contributed by atoms with Gasteiger partial charge in [-0.15, -0.1) is 0 Å². The molecule has 4 nitrogen and oxygen atoms in total. The van der Waals surface area contributed by atoms with E-state index in [1.807, 2.05) is 0 Å². The summed E-state index contributed by atoms with van der Waals surface area (Å²) < 4.78 is 29.2. The van der Waals surface area contributed by atoms with Crippen LogP contribution in [-0.4, -0.2) is 52.8 Å². The molecule has 3 rings (SSSR count). The molecule has 3 heterocycles. The van der Waals surface area contributed by atoms with Gasteiger partial charge in [0.05, 0.1) is 18.3 Å². The Kier molecular flexibility index (Phi) is 4.37. The highest BCUT2D eigenvalue weighted by molar-refractivity contribution is 8.01. The first-order valence-electron chi connectivity index (χ1n) is 5.62. The summed E-state index contributed by atoms with van der Waals surface area (Å²) in [5.74, 6) is 5.39. The summed E-state index contributed by atoms with van der Waals surface area (Å²) in [4.78, 5) is 0. The van der Waals surface area contributed by atoms with Gasteiger partial charge in [-0.1, -0.05) is 0 Å². The molecule has 0 amide bonds. The van der Waals surface area contributed by atoms with Gasteiger partial charge in [-0.2, -0.15) is 35.3 Å². The minimum Gasteiger partial charge on any atom is -0.282 e. The molecule has 0 atom stereocenters. The second-order valence-electron chi connectivity index (χ2n) is 4.24. The molecule has 3 saturated heterocycles. The Labute approximate surface area is 114 Å². The van der Waals surface area contributed by atoms with Crippen molar-refractivity contribution in [1.82, 2.24) is 0 Å². The molecule has 0 aromatic heterocycles. The van der Waals surface area contributed by atoms with Crippen LogP contribution in [-0.2, 0) is 18.1 Å². The maximum Gasteiger partial charge on any atom is 0.475 e. The largest absolute Gasteiger partial charge is 0.475 e. The molecule has 3 aliphatic rings. The zero-order valence-corrected chi connectivity index (χ0v) is 12.6. The van der Waals surface area contributed by atoms with Gasteiger partial charge in [-0.3, -0.25) is 13.6 Å². The molecule has 0 radical (unpaired) electrons. The van der Waals surface area contributed by atoms with E-state index in [2.05, 4.69) is 0 Å². The average molecular weight is 314 g/mol. The molecule has 0 unspecified atom stereocenters. The lowest BCUT2D eigenvalue weighted by molar-refractivity contribution is 0.0550. The number of hydrogen-bond donors (Lipinski definition) is 0. The van der Waals surface area contributed by atoms with Crippen molar-refractivity contribution < 1.29 is 18.1 Å². The SMILES string of the molecule is O=P(OC1CSC1)(OC1CSC1)OC1CSC1. The molecule has 0 aromatic carbocycles. The highest BCUT2D eigenvalue weighted by Gasteiger charge is 2.41. The van der Waals surface area contributed by atoms with Crippen LogP contribution in [0.5, 0.6) is 0 Å². The fraction of sp³-hybridized carbons (Fsp3) is 1.00. The second kappa shape index (κ2) is 5.65. The van der Waals surface area contributed by atoms with Crippen LogP contribution < -0.4 is 0 Å². The van der Waals surface area contributed by atoms with Crippen molar-refractivity contribution in [2.24, 2.45) is 0 Å². The third-order valence-corrected chi connectivity index (χ3v) is 7.97. The van der Waals surface area contributed by atoms with E-state index in [9.17, 15) is 4.57 Å². The zero-order chi connectivity index (χ0) is 11.7. The van der Waals surface area contributed by atoms with Crippen LogP contribution in [0.15, 0.2) is 0 Å². The monoisotopic (exact) mass is 314 g/mol. The summed E-state index contributed by atoms with van der Waals surface area (Å²) in [6, 6.07) is 0. The summed E-state index contributed by atoms with van der Waals surface area (Å²) in [6.45, 7) is 0. The smallest absolute Gasteiger partial charge is 0.282 e. The third kappa shape index (κ3) is 3.38. The first-order chi connectivity index (χ1) is 8.23. The van der Waals surface area contributed by atoms with E-state index in [4.69, 9.17) is 13.6 Å². The van der Waals surface area contributed by atoms with Gasteiger partial charge in [-0.25, -0.2) is 4.57 Å². The van der Waals surface area contributed by atoms with E-state index in [0.29, 0.717) is 0 Å². The summed E-state index contributed by atoms with van der Waals surface area (Å²) >= 11 is 5.39. The van der Waals surface area contributed by atoms with Gasteiger partial charge in [0.25, 0.3) is 0 Å². The van der Waals surface area contributed by atoms with Gasteiger partial charge in [-0.05, 0) is 0 Å². The van der Waals surface area contributed by atoms with Crippen LogP contribution in [0.1, 0.15) is 0 Å². The third-order valence-electron chi connectivity index (χ3n) is 2.66. The van der Waals surface area contributed by atoms with Crippen molar-refractivity contribution >= 4 is 43.1 Å². The molecule has 98 valence electrons. The molecule has 0 aliphatic carbocycles. The summed E-state index contributed by atoms with van der Waals surface area (Å²) in [7, 11) is -3.32. The Morgan fingerprint density at radius 1 is 0.706 bits per heavy atom. The molecular formula is C9H15O4PS3. The molecule has 0 N–H and O–H groups in total. The van der Waals surface area contributed by atoms with Crippen LogP contribution in [0.2, 0.25) is 0 Å². The van der Waals surface area contributed by atoms with Crippen molar-refractivity contribution in [1.29, 1.82) is 0 Å². The average Bonchev–Trinajstić information content (AvgIpc) is 2.13. The minimum atomic E-state index is -3.32. The maximum atomic E-state index is 12.5. The minimum absolute atomic E-state index is 0.0475. The van der Waals surface area contributed by atoms with E-state index in [0.717, 1.165) is 34.5 Å². The van der Waals surface area contributed by atoms with Crippen molar-refractivity contribution in [2.45, 2.75) is 18.3 Å². The Morgan fingerprint density at radius 2 is 1.00 bits per heavy atom. The summed E-state index contributed by atoms with van der Waals surface area (Å²) in [5, 5.41) is 0. The first kappa shape index (κ1) is 13.2. The lowest BCUT2D eigenvalue weighted by Crippen LogP contribution is -2.35. The maximum absolute atomic E-state index is 12.5. The van der Waals surface area contributed by atoms with Gasteiger partial charge in [0, 0.05) is 34.5 Å². The second-order valence-corrected chi connectivity index (χ2v) is 8.99. The fourth-order valence-electron chi connectivity index (χ4n) is 1.45. The van der Waals surface area contributed by atoms with Gasteiger partial charge in [0.1, 0.15) is 0 Å². The van der Waals surface area contributed by atoms with E-state index in [1.165, 1.54) is 0 Å². The van der Waals surface area contributed by atoms with Crippen molar-refractivity contribution in [3.63, 3.8) is 0 Å². The van der Waals surface area contributed by atoms with E-state index in [-0.39, 0.29) is 18.3 Å². The van der Waals surface area contributed by atoms with Crippen LogP contribution in [0.4, 0.5) is 0 Å². The molecule has 0 bridgehead atoms. The molecule has 3 fully saturated rings. The molecule has 0 spiro atoms. The Bertz CT molecular complexity index is 270. The van der Waals surface area contributed by atoms with Crippen molar-refractivity contribution in [2.75, 3.05) is 34.5 Å². The number of phosphoric ester groups is 1. The molecule has 0 aromatic rings. The number of rotatable bonds is 6. The standard InChI is InChI=1S/C9H15O4PS3/c10-14(11-7-1-15-2-7,12-8-3-16-4-8)13-9-5-17-6-9/h7-9H,1-6H2. The summed E-state index contributed by atoms with van der Waals surface area (Å²) in [6.07, 6.45) is 0.142. The van der Waals surface area contributed by atoms with Gasteiger partial charge in [0.15, 0.2) is 0 Å². The number of hydrogen-bond acceptors (Lipinski definition) is 7. The molecule has 17 heavy (non-hydrogen) atoms. The highest BCUT2D eigenvalue weighted by Crippen LogP contribution is 2.56. The van der Waals surface area contributed by atoms with Crippen LogP contribution in [0, 0.1) is 0 Å². The fourth-order valence-corrected chi connectivity index (χ4v) is 5.44. The first-order valence-corrected chi connectivity index (χ1v) is 10.5. The Morgan fingerprint density at radius 3 is 1.18 bits per heavy atom. The molecule has 3 aliphatic heterocycles.